The molecule has 0 aromatic carbocycles. The van der Waals surface area contributed by atoms with E-state index in [0.717, 1.165) is 39.3 Å². The van der Waals surface area contributed by atoms with Crippen LogP contribution >= 0.6 is 0 Å². The predicted octanol–water partition coefficient (Wildman–Crippen LogP) is 0.206. The summed E-state index contributed by atoms with van der Waals surface area (Å²) in [4.78, 5) is 25.8. The Kier molecular flexibility index (Phi) is 8.07. The van der Waals surface area contributed by atoms with Crippen LogP contribution in [0.3, 0.4) is 0 Å². The fourth-order valence-electron chi connectivity index (χ4n) is 2.14. The molecule has 2 atom stereocenters. The highest BCUT2D eigenvalue weighted by Crippen LogP contribution is 2.08. The lowest BCUT2D eigenvalue weighted by Gasteiger charge is -2.27. The molecule has 2 N–H and O–H groups in total. The minimum Gasteiger partial charge on any atom is -0.467 e. The molecule has 0 aliphatic carbocycles. The van der Waals surface area contributed by atoms with Crippen molar-refractivity contribution in [3.05, 3.63) is 0 Å². The molecule has 1 heterocycles. The maximum Gasteiger partial charge on any atom is 0.328 e. The van der Waals surface area contributed by atoms with Crippen LogP contribution in [0.5, 0.6) is 0 Å². The number of nitrogens with one attached hydrogen (secondary N) is 2. The molecular weight excluding hydrogens is 274 g/mol. The van der Waals surface area contributed by atoms with E-state index in [-0.39, 0.29) is 11.9 Å². The highest BCUT2D eigenvalue weighted by Gasteiger charge is 2.26. The molecule has 0 unspecified atom stereocenters. The molecule has 0 radical (unpaired) electrons. The summed E-state index contributed by atoms with van der Waals surface area (Å²) in [6.45, 7) is 8.47. The molecular formula is C14H27N3O4. The van der Waals surface area contributed by atoms with Crippen molar-refractivity contribution in [2.45, 2.75) is 26.3 Å². The van der Waals surface area contributed by atoms with Crippen LogP contribution in [0.15, 0.2) is 0 Å². The molecule has 7 heteroatoms. The number of ether oxygens (including phenoxy) is 2. The lowest BCUT2D eigenvalue weighted by molar-refractivity contribution is -0.144. The minimum atomic E-state index is -0.608. The van der Waals surface area contributed by atoms with Gasteiger partial charge in [-0.15, -0.1) is 0 Å². The van der Waals surface area contributed by atoms with Gasteiger partial charge in [0, 0.05) is 26.2 Å². The molecule has 122 valence electrons. The minimum absolute atomic E-state index is 0.0300. The van der Waals surface area contributed by atoms with Crippen LogP contribution < -0.4 is 10.6 Å². The van der Waals surface area contributed by atoms with E-state index >= 15 is 0 Å². The van der Waals surface area contributed by atoms with Gasteiger partial charge in [-0.05, 0) is 5.92 Å². The highest BCUT2D eigenvalue weighted by atomic mass is 16.5. The van der Waals surface area contributed by atoms with Crippen LogP contribution in [0, 0.1) is 5.92 Å². The Hall–Kier alpha value is -1.34. The fourth-order valence-corrected chi connectivity index (χ4v) is 2.14. The van der Waals surface area contributed by atoms with Crippen LogP contribution in [0.2, 0.25) is 0 Å². The first-order valence-corrected chi connectivity index (χ1v) is 7.50. The SMILES string of the molecule is CC[C@@H](C)[C@H](NC(=O)NCCN1CCOCC1)C(=O)OC. The van der Waals surface area contributed by atoms with Gasteiger partial charge in [0.15, 0.2) is 0 Å². The van der Waals surface area contributed by atoms with Gasteiger partial charge < -0.3 is 20.1 Å². The van der Waals surface area contributed by atoms with E-state index in [9.17, 15) is 9.59 Å². The van der Waals surface area contributed by atoms with Crippen molar-refractivity contribution in [2.24, 2.45) is 5.92 Å². The molecule has 2 amide bonds. The Morgan fingerprint density at radius 1 is 1.33 bits per heavy atom. The fraction of sp³-hybridized carbons (Fsp3) is 0.857. The third-order valence-corrected chi connectivity index (χ3v) is 3.77. The number of hydrogen-bond donors (Lipinski definition) is 2. The molecule has 21 heavy (non-hydrogen) atoms. The van der Waals surface area contributed by atoms with E-state index in [1.54, 1.807) is 0 Å². The summed E-state index contributed by atoms with van der Waals surface area (Å²) in [7, 11) is 1.33. The molecule has 1 saturated heterocycles. The van der Waals surface area contributed by atoms with Gasteiger partial charge in [0.05, 0.1) is 20.3 Å². The molecule has 0 aromatic rings. The molecule has 0 saturated carbocycles. The summed E-state index contributed by atoms with van der Waals surface area (Å²) in [6, 6.07) is -0.942. The summed E-state index contributed by atoms with van der Waals surface area (Å²) in [6.07, 6.45) is 0.786. The Bertz CT molecular complexity index is 332. The summed E-state index contributed by atoms with van der Waals surface area (Å²) >= 11 is 0. The van der Waals surface area contributed by atoms with E-state index in [1.165, 1.54) is 7.11 Å². The van der Waals surface area contributed by atoms with Gasteiger partial charge in [-0.25, -0.2) is 9.59 Å². The van der Waals surface area contributed by atoms with Gasteiger partial charge in [0.2, 0.25) is 0 Å². The van der Waals surface area contributed by atoms with Gasteiger partial charge in [-0.3, -0.25) is 4.90 Å². The van der Waals surface area contributed by atoms with Crippen LogP contribution in [0.1, 0.15) is 20.3 Å². The lowest BCUT2D eigenvalue weighted by atomic mass is 9.99. The molecule has 1 aliphatic heterocycles. The number of carbonyl (C=O) groups is 2. The van der Waals surface area contributed by atoms with E-state index in [1.807, 2.05) is 13.8 Å². The summed E-state index contributed by atoms with van der Waals surface area (Å²) in [5.74, 6) is -0.380. The first-order valence-electron chi connectivity index (χ1n) is 7.50. The number of methoxy groups -OCH3 is 1. The van der Waals surface area contributed by atoms with Crippen molar-refractivity contribution in [3.8, 4) is 0 Å². The monoisotopic (exact) mass is 301 g/mol. The average Bonchev–Trinajstić information content (AvgIpc) is 2.52. The molecule has 0 spiro atoms. The first kappa shape index (κ1) is 17.7. The first-order chi connectivity index (χ1) is 10.1. The standard InChI is InChI=1S/C14H27N3O4/c1-4-11(2)12(13(18)20-3)16-14(19)15-5-6-17-7-9-21-10-8-17/h11-12H,4-10H2,1-3H3,(H2,15,16,19)/t11-,12+/m1/s1. The Labute approximate surface area is 126 Å². The molecule has 7 nitrogen and oxygen atoms in total. The average molecular weight is 301 g/mol. The highest BCUT2D eigenvalue weighted by molar-refractivity contribution is 5.83. The number of nitrogens with zero attached hydrogens (tertiary/aromatic N) is 1. The number of carbonyl (C=O) groups excluding carboxylic acids is 2. The predicted molar refractivity (Wildman–Crippen MR) is 79.1 cm³/mol. The van der Waals surface area contributed by atoms with Gasteiger partial charge in [-0.1, -0.05) is 20.3 Å². The van der Waals surface area contributed by atoms with Crippen LogP contribution in [0.25, 0.3) is 0 Å². The van der Waals surface area contributed by atoms with Crippen molar-refractivity contribution in [2.75, 3.05) is 46.5 Å². The zero-order valence-corrected chi connectivity index (χ0v) is 13.2. The maximum atomic E-state index is 11.9. The van der Waals surface area contributed by atoms with Crippen molar-refractivity contribution >= 4 is 12.0 Å². The quantitative estimate of drug-likeness (QED) is 0.657. The number of morpholine rings is 1. The van der Waals surface area contributed by atoms with Crippen molar-refractivity contribution < 1.29 is 19.1 Å². The van der Waals surface area contributed by atoms with Crippen LogP contribution in [-0.4, -0.2) is 69.4 Å². The van der Waals surface area contributed by atoms with Crippen LogP contribution in [-0.2, 0) is 14.3 Å². The van der Waals surface area contributed by atoms with E-state index in [0.29, 0.717) is 6.54 Å². The smallest absolute Gasteiger partial charge is 0.328 e. The van der Waals surface area contributed by atoms with Crippen molar-refractivity contribution in [1.82, 2.24) is 15.5 Å². The molecule has 1 rings (SSSR count). The Balaban J connectivity index is 2.30. The third kappa shape index (κ3) is 6.31. The number of urea groups is 1. The second kappa shape index (κ2) is 9.57. The third-order valence-electron chi connectivity index (χ3n) is 3.77. The number of esters is 1. The van der Waals surface area contributed by atoms with E-state index < -0.39 is 12.0 Å². The summed E-state index contributed by atoms with van der Waals surface area (Å²) in [5.41, 5.74) is 0. The second-order valence-corrected chi connectivity index (χ2v) is 5.24. The van der Waals surface area contributed by atoms with Crippen molar-refractivity contribution in [1.29, 1.82) is 0 Å². The lowest BCUT2D eigenvalue weighted by Crippen LogP contribution is -2.51. The number of rotatable bonds is 7. The van der Waals surface area contributed by atoms with Crippen molar-refractivity contribution in [3.63, 3.8) is 0 Å². The zero-order chi connectivity index (χ0) is 15.7. The number of amides is 2. The molecule has 1 aliphatic rings. The normalized spacial score (nSPS) is 18.6. The largest absolute Gasteiger partial charge is 0.467 e. The van der Waals surface area contributed by atoms with Gasteiger partial charge >= 0.3 is 12.0 Å². The van der Waals surface area contributed by atoms with Gasteiger partial charge in [-0.2, -0.15) is 0 Å². The van der Waals surface area contributed by atoms with Gasteiger partial charge in [0.1, 0.15) is 6.04 Å². The molecule has 1 fully saturated rings. The zero-order valence-electron chi connectivity index (χ0n) is 13.2. The second-order valence-electron chi connectivity index (χ2n) is 5.24. The summed E-state index contributed by atoms with van der Waals surface area (Å²) < 4.78 is 10.00. The number of hydrogen-bond acceptors (Lipinski definition) is 5. The Morgan fingerprint density at radius 2 is 2.00 bits per heavy atom. The van der Waals surface area contributed by atoms with Gasteiger partial charge in [0.25, 0.3) is 0 Å². The summed E-state index contributed by atoms with van der Waals surface area (Å²) in [5, 5.41) is 5.47. The maximum absolute atomic E-state index is 11.9. The molecule has 0 bridgehead atoms. The van der Waals surface area contributed by atoms with Crippen LogP contribution in [0.4, 0.5) is 4.79 Å². The Morgan fingerprint density at radius 3 is 2.57 bits per heavy atom. The topological polar surface area (TPSA) is 79.9 Å². The van der Waals surface area contributed by atoms with E-state index in [2.05, 4.69) is 15.5 Å². The molecule has 0 aromatic heterocycles. The van der Waals surface area contributed by atoms with E-state index in [4.69, 9.17) is 9.47 Å².